The van der Waals surface area contributed by atoms with Gasteiger partial charge in [-0.05, 0) is 86.8 Å². The zero-order valence-corrected chi connectivity index (χ0v) is 29.6. The quantitative estimate of drug-likeness (QED) is 0.166. The van der Waals surface area contributed by atoms with Crippen molar-refractivity contribution in [2.75, 3.05) is 4.90 Å². The molecule has 0 aliphatic heterocycles. The zero-order chi connectivity index (χ0) is 35.8. The van der Waals surface area contributed by atoms with Crippen LogP contribution >= 0.6 is 0 Å². The Morgan fingerprint density at radius 1 is 0.333 bits per heavy atom. The first-order chi connectivity index (χ1) is 26.8. The predicted octanol–water partition coefficient (Wildman–Crippen LogP) is 14.9. The molecule has 0 bridgehead atoms. The highest BCUT2D eigenvalue weighted by atomic mass is 16.3. The first-order valence-electron chi connectivity index (χ1n) is 18.4. The largest absolute Gasteiger partial charge is 0.455 e. The molecule has 0 fully saturated rings. The number of benzene rings is 9. The minimum Gasteiger partial charge on any atom is -0.455 e. The molecule has 0 saturated carbocycles. The van der Waals surface area contributed by atoms with E-state index in [2.05, 4.69) is 217 Å². The Balaban J connectivity index is 1.25. The fourth-order valence-corrected chi connectivity index (χ4v) is 7.91. The van der Waals surface area contributed by atoms with Crippen molar-refractivity contribution in [1.82, 2.24) is 0 Å². The highest BCUT2D eigenvalue weighted by molar-refractivity contribution is 6.23. The van der Waals surface area contributed by atoms with Crippen LogP contribution in [-0.4, -0.2) is 0 Å². The van der Waals surface area contributed by atoms with E-state index in [4.69, 9.17) is 4.42 Å². The molecule has 0 saturated heterocycles. The molecule has 54 heavy (non-hydrogen) atoms. The molecule has 0 atom stereocenters. The Bertz CT molecular complexity index is 2800. The fourth-order valence-electron chi connectivity index (χ4n) is 7.91. The number of fused-ring (bicyclic) bond motifs is 5. The highest BCUT2D eigenvalue weighted by Gasteiger charge is 2.24. The Kier molecular flexibility index (Phi) is 7.85. The van der Waals surface area contributed by atoms with E-state index in [1.165, 1.54) is 38.8 Å². The van der Waals surface area contributed by atoms with Crippen molar-refractivity contribution in [3.63, 3.8) is 0 Å². The van der Waals surface area contributed by atoms with Gasteiger partial charge in [-0.1, -0.05) is 170 Å². The van der Waals surface area contributed by atoms with Crippen LogP contribution in [0.25, 0.3) is 77.2 Å². The molecule has 0 N–H and O–H groups in total. The second-order valence-electron chi connectivity index (χ2n) is 13.7. The molecule has 0 spiro atoms. The molecular formula is C52H35NO. The predicted molar refractivity (Wildman–Crippen MR) is 228 cm³/mol. The molecule has 0 radical (unpaired) electrons. The number of hydrogen-bond donors (Lipinski definition) is 0. The van der Waals surface area contributed by atoms with Gasteiger partial charge in [-0.25, -0.2) is 0 Å². The Morgan fingerprint density at radius 3 is 1.31 bits per heavy atom. The average Bonchev–Trinajstić information content (AvgIpc) is 3.64. The summed E-state index contributed by atoms with van der Waals surface area (Å²) in [7, 11) is 0. The number of nitrogens with zero attached hydrogens (tertiary/aromatic N) is 1. The van der Waals surface area contributed by atoms with E-state index in [0.29, 0.717) is 0 Å². The maximum Gasteiger partial charge on any atom is 0.143 e. The lowest BCUT2D eigenvalue weighted by Crippen LogP contribution is -2.11. The van der Waals surface area contributed by atoms with Gasteiger partial charge in [-0.3, -0.25) is 0 Å². The summed E-state index contributed by atoms with van der Waals surface area (Å²) in [6.07, 6.45) is 0. The summed E-state index contributed by atoms with van der Waals surface area (Å²) in [6, 6.07) is 75.7. The first-order valence-corrected chi connectivity index (χ1v) is 18.4. The second kappa shape index (κ2) is 13.4. The summed E-state index contributed by atoms with van der Waals surface area (Å²) >= 11 is 0. The maximum atomic E-state index is 6.88. The Labute approximate surface area is 314 Å². The minimum absolute atomic E-state index is 0.863. The molecule has 254 valence electrons. The summed E-state index contributed by atoms with van der Waals surface area (Å²) in [5, 5.41) is 4.48. The summed E-state index contributed by atoms with van der Waals surface area (Å²) in [5.41, 5.74) is 14.4. The molecule has 2 nitrogen and oxygen atoms in total. The number of hydrogen-bond acceptors (Lipinski definition) is 2. The van der Waals surface area contributed by atoms with Gasteiger partial charge in [0.1, 0.15) is 11.2 Å². The van der Waals surface area contributed by atoms with Crippen molar-refractivity contribution in [2.45, 2.75) is 0 Å². The lowest BCUT2D eigenvalue weighted by Gasteiger charge is -2.28. The normalized spacial score (nSPS) is 11.3. The minimum atomic E-state index is 0.863. The van der Waals surface area contributed by atoms with Crippen LogP contribution in [0.2, 0.25) is 0 Å². The van der Waals surface area contributed by atoms with E-state index in [-0.39, 0.29) is 0 Å². The van der Waals surface area contributed by atoms with Crippen LogP contribution < -0.4 is 4.90 Å². The number of anilines is 3. The van der Waals surface area contributed by atoms with Crippen LogP contribution in [0, 0.1) is 0 Å². The van der Waals surface area contributed by atoms with Gasteiger partial charge in [0.25, 0.3) is 0 Å². The van der Waals surface area contributed by atoms with Crippen molar-refractivity contribution < 1.29 is 4.42 Å². The van der Waals surface area contributed by atoms with Crippen LogP contribution in [0.4, 0.5) is 17.1 Å². The van der Waals surface area contributed by atoms with Gasteiger partial charge in [0.05, 0.1) is 5.69 Å². The number of rotatable bonds is 7. The fraction of sp³-hybridized carbons (Fsp3) is 0. The van der Waals surface area contributed by atoms with Crippen molar-refractivity contribution in [3.8, 4) is 44.5 Å². The van der Waals surface area contributed by atoms with Gasteiger partial charge < -0.3 is 9.32 Å². The van der Waals surface area contributed by atoms with Crippen molar-refractivity contribution in [3.05, 3.63) is 212 Å². The lowest BCUT2D eigenvalue weighted by molar-refractivity contribution is 0.673. The smallest absolute Gasteiger partial charge is 0.143 e. The third-order valence-electron chi connectivity index (χ3n) is 10.5. The Hall–Kier alpha value is -7.16. The van der Waals surface area contributed by atoms with Gasteiger partial charge in [0, 0.05) is 33.1 Å². The molecular weight excluding hydrogens is 655 g/mol. The molecule has 1 aromatic heterocycles. The monoisotopic (exact) mass is 689 g/mol. The molecule has 1 heterocycles. The van der Waals surface area contributed by atoms with Crippen LogP contribution in [0.3, 0.4) is 0 Å². The Morgan fingerprint density at radius 2 is 0.778 bits per heavy atom. The van der Waals surface area contributed by atoms with E-state index >= 15 is 0 Å². The summed E-state index contributed by atoms with van der Waals surface area (Å²) in [6.45, 7) is 0. The number of furan rings is 1. The van der Waals surface area contributed by atoms with Crippen LogP contribution in [0.15, 0.2) is 217 Å². The van der Waals surface area contributed by atoms with Gasteiger partial charge in [-0.2, -0.15) is 0 Å². The summed E-state index contributed by atoms with van der Waals surface area (Å²) in [5.74, 6) is 0. The van der Waals surface area contributed by atoms with E-state index in [9.17, 15) is 0 Å². The summed E-state index contributed by atoms with van der Waals surface area (Å²) < 4.78 is 6.88. The molecule has 2 heteroatoms. The molecule has 0 aliphatic rings. The van der Waals surface area contributed by atoms with Crippen molar-refractivity contribution >= 4 is 49.8 Å². The lowest BCUT2D eigenvalue weighted by atomic mass is 9.92. The van der Waals surface area contributed by atoms with E-state index in [1.807, 2.05) is 0 Å². The SMILES string of the molecule is c1ccc(-c2ccc(N(c3ccc(-c4ccccc4)cc3)c3ccc4oc5c6ccccc6c(-c6ccccc6)cc5c4c3-c3ccccc3)cc2)cc1. The van der Waals surface area contributed by atoms with Crippen LogP contribution in [0.1, 0.15) is 0 Å². The topological polar surface area (TPSA) is 16.4 Å². The second-order valence-corrected chi connectivity index (χ2v) is 13.7. The van der Waals surface area contributed by atoms with E-state index < -0.39 is 0 Å². The molecule has 10 rings (SSSR count). The van der Waals surface area contributed by atoms with Gasteiger partial charge in [0.15, 0.2) is 0 Å². The summed E-state index contributed by atoms with van der Waals surface area (Å²) in [4.78, 5) is 2.39. The molecule has 9 aromatic carbocycles. The maximum absolute atomic E-state index is 6.88. The zero-order valence-electron chi connectivity index (χ0n) is 29.6. The van der Waals surface area contributed by atoms with Gasteiger partial charge >= 0.3 is 0 Å². The van der Waals surface area contributed by atoms with Crippen molar-refractivity contribution in [2.24, 2.45) is 0 Å². The molecule has 0 amide bonds. The third-order valence-corrected chi connectivity index (χ3v) is 10.5. The van der Waals surface area contributed by atoms with Crippen molar-refractivity contribution in [1.29, 1.82) is 0 Å². The molecule has 0 aliphatic carbocycles. The van der Waals surface area contributed by atoms with Crippen LogP contribution in [-0.2, 0) is 0 Å². The van der Waals surface area contributed by atoms with E-state index in [1.54, 1.807) is 0 Å². The highest BCUT2D eigenvalue weighted by Crippen LogP contribution is 2.49. The third kappa shape index (κ3) is 5.53. The standard InChI is InChI=1S/C52H35NO/c1-5-15-36(16-6-1)38-25-29-42(30-26-38)53(43-31-27-39(28-32-43)37-17-7-2-8-18-37)48-33-34-49-51(50(48)41-21-11-4-12-22-41)47-35-46(40-19-9-3-10-20-40)44-23-13-14-24-45(44)52(47)54-49/h1-35H. The van der Waals surface area contributed by atoms with Crippen LogP contribution in [0.5, 0.6) is 0 Å². The molecule has 10 aromatic rings. The van der Waals surface area contributed by atoms with Gasteiger partial charge in [0.2, 0.25) is 0 Å². The molecule has 0 unspecified atom stereocenters. The van der Waals surface area contributed by atoms with E-state index in [0.717, 1.165) is 55.5 Å². The average molecular weight is 690 g/mol. The van der Waals surface area contributed by atoms with Gasteiger partial charge in [-0.15, -0.1) is 0 Å². The first kappa shape index (κ1) is 31.6.